The minimum absolute atomic E-state index is 0.331. The van der Waals surface area contributed by atoms with Crippen molar-refractivity contribution in [1.29, 1.82) is 0 Å². The topological polar surface area (TPSA) is 21.8 Å². The van der Waals surface area contributed by atoms with Crippen LogP contribution in [-0.4, -0.2) is 19.3 Å². The van der Waals surface area contributed by atoms with Crippen molar-refractivity contribution in [3.05, 3.63) is 42.0 Å². The SMILES string of the molecule is C/C=C/CCCCCCCCCCc1ccc(OCC2CO2)cc1. The zero-order valence-electron chi connectivity index (χ0n) is 15.3. The van der Waals surface area contributed by atoms with Gasteiger partial charge < -0.3 is 9.47 Å². The lowest BCUT2D eigenvalue weighted by molar-refractivity contribution is 0.263. The van der Waals surface area contributed by atoms with Crippen LogP contribution in [0.3, 0.4) is 0 Å². The number of epoxide rings is 1. The second-order valence-corrected chi connectivity index (χ2v) is 6.85. The van der Waals surface area contributed by atoms with Crippen LogP contribution in [0.2, 0.25) is 0 Å². The molecule has 0 spiro atoms. The summed E-state index contributed by atoms with van der Waals surface area (Å²) >= 11 is 0. The number of aryl methyl sites for hydroxylation is 1. The zero-order chi connectivity index (χ0) is 16.9. The van der Waals surface area contributed by atoms with E-state index in [1.54, 1.807) is 0 Å². The minimum atomic E-state index is 0.331. The largest absolute Gasteiger partial charge is 0.491 e. The summed E-state index contributed by atoms with van der Waals surface area (Å²) in [4.78, 5) is 0. The van der Waals surface area contributed by atoms with Gasteiger partial charge in [0, 0.05) is 0 Å². The molecule has 1 aliphatic rings. The van der Waals surface area contributed by atoms with Gasteiger partial charge in [0.15, 0.2) is 0 Å². The Kier molecular flexibility index (Phi) is 9.63. The summed E-state index contributed by atoms with van der Waals surface area (Å²) < 4.78 is 10.8. The number of hydrogen-bond acceptors (Lipinski definition) is 2. The van der Waals surface area contributed by atoms with Crippen molar-refractivity contribution in [2.75, 3.05) is 13.2 Å². The van der Waals surface area contributed by atoms with Crippen molar-refractivity contribution in [2.24, 2.45) is 0 Å². The third kappa shape index (κ3) is 9.12. The molecule has 0 aliphatic carbocycles. The first kappa shape index (κ1) is 19.1. The second-order valence-electron chi connectivity index (χ2n) is 6.85. The summed E-state index contributed by atoms with van der Waals surface area (Å²) in [7, 11) is 0. The van der Waals surface area contributed by atoms with Crippen molar-refractivity contribution in [3.63, 3.8) is 0 Å². The maximum atomic E-state index is 5.67. The summed E-state index contributed by atoms with van der Waals surface area (Å²) in [6, 6.07) is 8.58. The highest BCUT2D eigenvalue weighted by atomic mass is 16.6. The first-order valence-electron chi connectivity index (χ1n) is 9.83. The molecule has 2 heteroatoms. The van der Waals surface area contributed by atoms with E-state index in [1.165, 1.54) is 69.8 Å². The standard InChI is InChI=1S/C22H34O2/c1-2-3-4-5-6-7-8-9-10-11-12-13-20-14-16-21(17-15-20)23-18-22-19-24-22/h2-3,14-17,22H,4-13,18-19H2,1H3/b3-2+. The van der Waals surface area contributed by atoms with Gasteiger partial charge >= 0.3 is 0 Å². The van der Waals surface area contributed by atoms with Gasteiger partial charge in [0.25, 0.3) is 0 Å². The molecule has 134 valence electrons. The van der Waals surface area contributed by atoms with E-state index in [0.29, 0.717) is 12.7 Å². The fourth-order valence-corrected chi connectivity index (χ4v) is 2.92. The monoisotopic (exact) mass is 330 g/mol. The van der Waals surface area contributed by atoms with Gasteiger partial charge in [-0.3, -0.25) is 0 Å². The number of benzene rings is 1. The normalized spacial score (nSPS) is 16.6. The Morgan fingerprint density at radius 2 is 1.58 bits per heavy atom. The molecule has 1 aromatic carbocycles. The Balaban J connectivity index is 1.41. The lowest BCUT2D eigenvalue weighted by Gasteiger charge is -2.06. The highest BCUT2D eigenvalue weighted by Crippen LogP contribution is 2.17. The highest BCUT2D eigenvalue weighted by molar-refractivity contribution is 5.27. The molecule has 1 atom stereocenters. The van der Waals surface area contributed by atoms with E-state index in [0.717, 1.165) is 12.4 Å². The third-order valence-corrected chi connectivity index (χ3v) is 4.58. The van der Waals surface area contributed by atoms with E-state index in [1.807, 2.05) is 0 Å². The average molecular weight is 331 g/mol. The minimum Gasteiger partial charge on any atom is -0.491 e. The molecule has 0 bridgehead atoms. The van der Waals surface area contributed by atoms with E-state index < -0.39 is 0 Å². The molecule has 2 rings (SSSR count). The fraction of sp³-hybridized carbons (Fsp3) is 0.636. The predicted molar refractivity (Wildman–Crippen MR) is 102 cm³/mol. The van der Waals surface area contributed by atoms with Crippen molar-refractivity contribution in [2.45, 2.75) is 77.2 Å². The number of unbranched alkanes of at least 4 members (excludes halogenated alkanes) is 8. The lowest BCUT2D eigenvalue weighted by atomic mass is 10.0. The van der Waals surface area contributed by atoms with Crippen LogP contribution < -0.4 is 4.74 Å². The summed E-state index contributed by atoms with van der Waals surface area (Å²) in [5.41, 5.74) is 1.43. The Bertz CT molecular complexity index is 446. The maximum absolute atomic E-state index is 5.67. The molecule has 0 radical (unpaired) electrons. The van der Waals surface area contributed by atoms with E-state index in [-0.39, 0.29) is 0 Å². The second kappa shape index (κ2) is 12.1. The van der Waals surface area contributed by atoms with Crippen LogP contribution in [0.15, 0.2) is 36.4 Å². The summed E-state index contributed by atoms with van der Waals surface area (Å²) in [6.07, 6.45) is 18.2. The first-order chi connectivity index (χ1) is 11.9. The van der Waals surface area contributed by atoms with Gasteiger partial charge in [-0.2, -0.15) is 0 Å². The summed E-state index contributed by atoms with van der Waals surface area (Å²) in [5.74, 6) is 0.962. The molecule has 1 unspecified atom stereocenters. The van der Waals surface area contributed by atoms with Crippen LogP contribution in [-0.2, 0) is 11.2 Å². The van der Waals surface area contributed by atoms with Crippen LogP contribution in [0.5, 0.6) is 5.75 Å². The first-order valence-corrected chi connectivity index (χ1v) is 9.83. The van der Waals surface area contributed by atoms with E-state index in [4.69, 9.17) is 9.47 Å². The number of hydrogen-bond donors (Lipinski definition) is 0. The molecule has 0 aromatic heterocycles. The Morgan fingerprint density at radius 1 is 0.958 bits per heavy atom. The molecule has 0 N–H and O–H groups in total. The average Bonchev–Trinajstić information content (AvgIpc) is 3.43. The van der Waals surface area contributed by atoms with Gasteiger partial charge in [0.1, 0.15) is 18.5 Å². The Hall–Kier alpha value is -1.28. The number of allylic oxidation sites excluding steroid dienone is 2. The molecule has 1 aromatic rings. The van der Waals surface area contributed by atoms with Crippen LogP contribution in [0.4, 0.5) is 0 Å². The molecule has 1 heterocycles. The smallest absolute Gasteiger partial charge is 0.119 e. The van der Waals surface area contributed by atoms with Crippen LogP contribution in [0, 0.1) is 0 Å². The van der Waals surface area contributed by atoms with E-state index in [9.17, 15) is 0 Å². The molecule has 0 saturated carbocycles. The number of rotatable bonds is 14. The Morgan fingerprint density at radius 3 is 2.21 bits per heavy atom. The zero-order valence-corrected chi connectivity index (χ0v) is 15.3. The molecular weight excluding hydrogens is 296 g/mol. The molecule has 24 heavy (non-hydrogen) atoms. The quantitative estimate of drug-likeness (QED) is 0.234. The van der Waals surface area contributed by atoms with Crippen LogP contribution >= 0.6 is 0 Å². The lowest BCUT2D eigenvalue weighted by Crippen LogP contribution is -2.03. The number of ether oxygens (including phenoxy) is 2. The van der Waals surface area contributed by atoms with Crippen LogP contribution in [0.25, 0.3) is 0 Å². The summed E-state index contributed by atoms with van der Waals surface area (Å²) in [5, 5.41) is 0. The van der Waals surface area contributed by atoms with E-state index in [2.05, 4.69) is 43.3 Å². The van der Waals surface area contributed by atoms with Gasteiger partial charge in [0.05, 0.1) is 6.61 Å². The predicted octanol–water partition coefficient (Wildman–Crippen LogP) is 6.09. The molecule has 0 amide bonds. The highest BCUT2D eigenvalue weighted by Gasteiger charge is 2.22. The maximum Gasteiger partial charge on any atom is 0.119 e. The van der Waals surface area contributed by atoms with Gasteiger partial charge in [-0.25, -0.2) is 0 Å². The van der Waals surface area contributed by atoms with Gasteiger partial charge in [-0.05, 0) is 50.3 Å². The van der Waals surface area contributed by atoms with Crippen molar-refractivity contribution >= 4 is 0 Å². The molecule has 1 saturated heterocycles. The van der Waals surface area contributed by atoms with Gasteiger partial charge in [-0.1, -0.05) is 62.8 Å². The molecule has 1 aliphatic heterocycles. The van der Waals surface area contributed by atoms with E-state index >= 15 is 0 Å². The molecule has 1 fully saturated rings. The third-order valence-electron chi connectivity index (χ3n) is 4.58. The van der Waals surface area contributed by atoms with Gasteiger partial charge in [-0.15, -0.1) is 0 Å². The van der Waals surface area contributed by atoms with Gasteiger partial charge in [0.2, 0.25) is 0 Å². The fourth-order valence-electron chi connectivity index (χ4n) is 2.92. The van der Waals surface area contributed by atoms with Crippen molar-refractivity contribution in [3.8, 4) is 5.75 Å². The molecular formula is C22H34O2. The summed E-state index contributed by atoms with van der Waals surface area (Å²) in [6.45, 7) is 3.65. The van der Waals surface area contributed by atoms with Crippen molar-refractivity contribution < 1.29 is 9.47 Å². The van der Waals surface area contributed by atoms with Crippen LogP contribution in [0.1, 0.15) is 70.3 Å². The van der Waals surface area contributed by atoms with Crippen molar-refractivity contribution in [1.82, 2.24) is 0 Å². The molecule has 2 nitrogen and oxygen atoms in total. The Labute approximate surface area is 148 Å².